The number of carboxylic acids is 1. The summed E-state index contributed by atoms with van der Waals surface area (Å²) >= 11 is 0. The Morgan fingerprint density at radius 3 is 2.71 bits per heavy atom. The SMILES string of the molecule is COc1cc(C(=O)Nc2c(C)nn(CCC(=O)O)c2C)ccc1F. The number of benzene rings is 1. The van der Waals surface area contributed by atoms with E-state index in [2.05, 4.69) is 10.4 Å². The molecule has 2 aromatic rings. The van der Waals surface area contributed by atoms with Crippen LogP contribution in [-0.2, 0) is 11.3 Å². The monoisotopic (exact) mass is 335 g/mol. The van der Waals surface area contributed by atoms with E-state index in [0.717, 1.165) is 6.07 Å². The van der Waals surface area contributed by atoms with Gasteiger partial charge in [0.25, 0.3) is 5.91 Å². The van der Waals surface area contributed by atoms with Crippen LogP contribution in [0.1, 0.15) is 28.2 Å². The largest absolute Gasteiger partial charge is 0.494 e. The van der Waals surface area contributed by atoms with Crippen molar-refractivity contribution in [2.75, 3.05) is 12.4 Å². The van der Waals surface area contributed by atoms with Gasteiger partial charge in [0.05, 0.1) is 37.2 Å². The number of anilines is 1. The van der Waals surface area contributed by atoms with Crippen molar-refractivity contribution in [2.45, 2.75) is 26.8 Å². The second-order valence-corrected chi connectivity index (χ2v) is 5.22. The van der Waals surface area contributed by atoms with Gasteiger partial charge in [-0.1, -0.05) is 0 Å². The number of hydrogen-bond donors (Lipinski definition) is 2. The van der Waals surface area contributed by atoms with E-state index in [9.17, 15) is 14.0 Å². The summed E-state index contributed by atoms with van der Waals surface area (Å²) in [5, 5.41) is 15.7. The summed E-state index contributed by atoms with van der Waals surface area (Å²) in [6, 6.07) is 3.82. The average Bonchev–Trinajstić information content (AvgIpc) is 2.80. The topological polar surface area (TPSA) is 93.5 Å². The average molecular weight is 335 g/mol. The highest BCUT2D eigenvalue weighted by Crippen LogP contribution is 2.23. The highest BCUT2D eigenvalue weighted by atomic mass is 19.1. The zero-order valence-corrected chi connectivity index (χ0v) is 13.6. The van der Waals surface area contributed by atoms with Crippen LogP contribution in [-0.4, -0.2) is 33.9 Å². The van der Waals surface area contributed by atoms with E-state index in [4.69, 9.17) is 9.84 Å². The number of methoxy groups -OCH3 is 1. The lowest BCUT2D eigenvalue weighted by Gasteiger charge is -2.08. The van der Waals surface area contributed by atoms with E-state index < -0.39 is 17.7 Å². The molecule has 1 aromatic carbocycles. The van der Waals surface area contributed by atoms with Crippen molar-refractivity contribution in [3.05, 3.63) is 41.0 Å². The number of aromatic nitrogens is 2. The Morgan fingerprint density at radius 2 is 2.08 bits per heavy atom. The number of aryl methyl sites for hydroxylation is 2. The van der Waals surface area contributed by atoms with Crippen LogP contribution in [0.2, 0.25) is 0 Å². The van der Waals surface area contributed by atoms with Crippen LogP contribution in [0.5, 0.6) is 5.75 Å². The molecule has 0 unspecified atom stereocenters. The Balaban J connectivity index is 2.21. The molecule has 2 N–H and O–H groups in total. The van der Waals surface area contributed by atoms with E-state index in [1.165, 1.54) is 23.9 Å². The summed E-state index contributed by atoms with van der Waals surface area (Å²) < 4.78 is 19.8. The van der Waals surface area contributed by atoms with E-state index in [1.54, 1.807) is 13.8 Å². The summed E-state index contributed by atoms with van der Waals surface area (Å²) in [5.74, 6) is -1.93. The van der Waals surface area contributed by atoms with Gasteiger partial charge >= 0.3 is 5.97 Å². The first-order valence-electron chi connectivity index (χ1n) is 7.24. The number of aliphatic carboxylic acids is 1. The number of rotatable bonds is 6. The molecule has 0 saturated carbocycles. The fourth-order valence-electron chi connectivity index (χ4n) is 2.28. The number of carboxylic acid groups (broad SMARTS) is 1. The number of halogens is 1. The molecule has 1 aromatic heterocycles. The molecule has 8 heteroatoms. The minimum Gasteiger partial charge on any atom is -0.494 e. The number of carbonyl (C=O) groups excluding carboxylic acids is 1. The minimum absolute atomic E-state index is 0.0201. The first-order chi connectivity index (χ1) is 11.3. The highest BCUT2D eigenvalue weighted by molar-refractivity contribution is 6.05. The van der Waals surface area contributed by atoms with Crippen molar-refractivity contribution in [3.8, 4) is 5.75 Å². The van der Waals surface area contributed by atoms with Crippen LogP contribution in [0.15, 0.2) is 18.2 Å². The molecular weight excluding hydrogens is 317 g/mol. The van der Waals surface area contributed by atoms with Crippen molar-refractivity contribution in [2.24, 2.45) is 0 Å². The Hall–Kier alpha value is -2.90. The molecule has 0 fully saturated rings. The number of ether oxygens (including phenoxy) is 1. The second kappa shape index (κ2) is 7.12. The number of hydrogen-bond acceptors (Lipinski definition) is 4. The highest BCUT2D eigenvalue weighted by Gasteiger charge is 2.17. The van der Waals surface area contributed by atoms with Crippen LogP contribution in [0.4, 0.5) is 10.1 Å². The van der Waals surface area contributed by atoms with Crippen molar-refractivity contribution in [1.82, 2.24) is 9.78 Å². The Morgan fingerprint density at radius 1 is 1.38 bits per heavy atom. The van der Waals surface area contributed by atoms with Crippen LogP contribution in [0.3, 0.4) is 0 Å². The zero-order chi connectivity index (χ0) is 17.9. The quantitative estimate of drug-likeness (QED) is 0.845. The van der Waals surface area contributed by atoms with Crippen LogP contribution >= 0.6 is 0 Å². The van der Waals surface area contributed by atoms with Gasteiger partial charge in [0.2, 0.25) is 0 Å². The van der Waals surface area contributed by atoms with Crippen LogP contribution < -0.4 is 10.1 Å². The zero-order valence-electron chi connectivity index (χ0n) is 13.6. The first-order valence-corrected chi connectivity index (χ1v) is 7.24. The molecule has 7 nitrogen and oxygen atoms in total. The summed E-state index contributed by atoms with van der Waals surface area (Å²) in [4.78, 5) is 23.0. The maximum atomic E-state index is 13.4. The Labute approximate surface area is 138 Å². The lowest BCUT2D eigenvalue weighted by Crippen LogP contribution is -2.14. The summed E-state index contributed by atoms with van der Waals surface area (Å²) in [7, 11) is 1.32. The lowest BCUT2D eigenvalue weighted by atomic mass is 10.2. The molecule has 0 aliphatic heterocycles. The third-order valence-electron chi connectivity index (χ3n) is 3.57. The second-order valence-electron chi connectivity index (χ2n) is 5.22. The molecule has 1 amide bonds. The van der Waals surface area contributed by atoms with Gasteiger partial charge in [-0.15, -0.1) is 0 Å². The Bertz CT molecular complexity index is 786. The van der Waals surface area contributed by atoms with Crippen molar-refractivity contribution in [1.29, 1.82) is 0 Å². The molecule has 0 bridgehead atoms. The molecule has 128 valence electrons. The van der Waals surface area contributed by atoms with Gasteiger partial charge in [-0.2, -0.15) is 5.10 Å². The molecule has 0 aliphatic rings. The third kappa shape index (κ3) is 3.70. The predicted molar refractivity (Wildman–Crippen MR) is 84.9 cm³/mol. The summed E-state index contributed by atoms with van der Waals surface area (Å²) in [6.07, 6.45) is -0.0650. The molecular formula is C16H18FN3O4. The molecule has 0 aliphatic carbocycles. The van der Waals surface area contributed by atoms with Crippen LogP contribution in [0.25, 0.3) is 0 Å². The first kappa shape index (κ1) is 17.5. The predicted octanol–water partition coefficient (Wildman–Crippen LogP) is 2.37. The van der Waals surface area contributed by atoms with Crippen molar-refractivity contribution < 1.29 is 23.8 Å². The number of carbonyl (C=O) groups is 2. The number of amides is 1. The standard InChI is InChI=1S/C16H18FN3O4/c1-9-15(10(2)20(19-9)7-6-14(21)22)18-16(23)11-4-5-12(17)13(8-11)24-3/h4-5,8H,6-7H2,1-3H3,(H,18,23)(H,21,22). The third-order valence-corrected chi connectivity index (χ3v) is 3.57. The lowest BCUT2D eigenvalue weighted by molar-refractivity contribution is -0.137. The smallest absolute Gasteiger partial charge is 0.305 e. The Kier molecular flexibility index (Phi) is 5.18. The minimum atomic E-state index is -0.924. The van der Waals surface area contributed by atoms with Crippen LogP contribution in [0, 0.1) is 19.7 Å². The van der Waals surface area contributed by atoms with Gasteiger partial charge in [-0.3, -0.25) is 14.3 Å². The van der Waals surface area contributed by atoms with E-state index in [1.807, 2.05) is 0 Å². The number of nitrogens with one attached hydrogen (secondary N) is 1. The van der Waals surface area contributed by atoms with E-state index in [0.29, 0.717) is 17.1 Å². The normalized spacial score (nSPS) is 10.5. The summed E-state index contributed by atoms with van der Waals surface area (Å²) in [6.45, 7) is 3.66. The van der Waals surface area contributed by atoms with Gasteiger partial charge in [0, 0.05) is 5.56 Å². The molecule has 0 saturated heterocycles. The molecule has 0 atom stereocenters. The van der Waals surface area contributed by atoms with Gasteiger partial charge in [-0.25, -0.2) is 4.39 Å². The molecule has 24 heavy (non-hydrogen) atoms. The fraction of sp³-hybridized carbons (Fsp3) is 0.312. The molecule has 2 rings (SSSR count). The molecule has 0 radical (unpaired) electrons. The van der Waals surface area contributed by atoms with E-state index in [-0.39, 0.29) is 24.3 Å². The van der Waals surface area contributed by atoms with Gasteiger partial charge in [0.1, 0.15) is 0 Å². The van der Waals surface area contributed by atoms with Gasteiger partial charge in [0.15, 0.2) is 11.6 Å². The molecule has 1 heterocycles. The maximum Gasteiger partial charge on any atom is 0.305 e. The van der Waals surface area contributed by atoms with E-state index >= 15 is 0 Å². The maximum absolute atomic E-state index is 13.4. The molecule has 0 spiro atoms. The van der Waals surface area contributed by atoms with Crippen molar-refractivity contribution in [3.63, 3.8) is 0 Å². The fourth-order valence-corrected chi connectivity index (χ4v) is 2.28. The van der Waals surface area contributed by atoms with Crippen molar-refractivity contribution >= 4 is 17.6 Å². The number of nitrogens with zero attached hydrogens (tertiary/aromatic N) is 2. The summed E-state index contributed by atoms with van der Waals surface area (Å²) in [5.41, 5.74) is 1.97. The van der Waals surface area contributed by atoms with Gasteiger partial charge < -0.3 is 15.2 Å². The van der Waals surface area contributed by atoms with Gasteiger partial charge in [-0.05, 0) is 32.0 Å².